The van der Waals surface area contributed by atoms with E-state index in [0.29, 0.717) is 5.56 Å². The summed E-state index contributed by atoms with van der Waals surface area (Å²) < 4.78 is 27.9. The summed E-state index contributed by atoms with van der Waals surface area (Å²) in [6, 6.07) is 7.31. The van der Waals surface area contributed by atoms with E-state index in [1.165, 1.54) is 12.1 Å². The number of aromatic nitrogens is 1. The van der Waals surface area contributed by atoms with Gasteiger partial charge >= 0.3 is 0 Å². The Morgan fingerprint density at radius 1 is 1.16 bits per heavy atom. The lowest BCUT2D eigenvalue weighted by Crippen LogP contribution is -2.21. The lowest BCUT2D eigenvalue weighted by atomic mass is 9.90. The standard InChI is InChI=1S/C15H16F2N2/c1-9-6-7-11(16)13(14(9)17)15(18)10(2)12-5-3-4-8-19-12/h3-8,10,15H,18H2,1-2H3. The van der Waals surface area contributed by atoms with Crippen molar-refractivity contribution in [2.75, 3.05) is 0 Å². The number of hydrogen-bond acceptors (Lipinski definition) is 2. The molecule has 0 amide bonds. The Morgan fingerprint density at radius 3 is 2.53 bits per heavy atom. The second-order valence-electron chi connectivity index (χ2n) is 4.66. The lowest BCUT2D eigenvalue weighted by molar-refractivity contribution is 0.487. The van der Waals surface area contributed by atoms with Crippen LogP contribution in [0.5, 0.6) is 0 Å². The van der Waals surface area contributed by atoms with E-state index in [1.807, 2.05) is 13.0 Å². The van der Waals surface area contributed by atoms with Gasteiger partial charge in [-0.2, -0.15) is 0 Å². The van der Waals surface area contributed by atoms with Gasteiger partial charge in [0.1, 0.15) is 11.6 Å². The number of aryl methyl sites for hydroxylation is 1. The van der Waals surface area contributed by atoms with Crippen molar-refractivity contribution >= 4 is 0 Å². The largest absolute Gasteiger partial charge is 0.323 e. The Hall–Kier alpha value is -1.81. The van der Waals surface area contributed by atoms with Gasteiger partial charge < -0.3 is 5.73 Å². The maximum Gasteiger partial charge on any atom is 0.133 e. The van der Waals surface area contributed by atoms with E-state index in [1.54, 1.807) is 25.3 Å². The van der Waals surface area contributed by atoms with Crippen molar-refractivity contribution in [2.24, 2.45) is 5.73 Å². The molecular weight excluding hydrogens is 246 g/mol. The molecule has 4 heteroatoms. The van der Waals surface area contributed by atoms with Gasteiger partial charge in [-0.05, 0) is 30.7 Å². The van der Waals surface area contributed by atoms with Crippen LogP contribution in [0, 0.1) is 18.6 Å². The molecule has 2 atom stereocenters. The van der Waals surface area contributed by atoms with Crippen molar-refractivity contribution in [2.45, 2.75) is 25.8 Å². The molecule has 1 aromatic heterocycles. The Kier molecular flexibility index (Phi) is 3.90. The molecule has 2 aromatic rings. The molecule has 0 aliphatic carbocycles. The lowest BCUT2D eigenvalue weighted by Gasteiger charge is -2.21. The van der Waals surface area contributed by atoms with Gasteiger partial charge in [0, 0.05) is 29.4 Å². The first-order chi connectivity index (χ1) is 9.02. The average molecular weight is 262 g/mol. The van der Waals surface area contributed by atoms with Gasteiger partial charge in [0.05, 0.1) is 0 Å². The van der Waals surface area contributed by atoms with Crippen LogP contribution in [0.25, 0.3) is 0 Å². The van der Waals surface area contributed by atoms with E-state index in [0.717, 1.165) is 5.69 Å². The first-order valence-electron chi connectivity index (χ1n) is 6.13. The maximum absolute atomic E-state index is 14.0. The number of benzene rings is 1. The van der Waals surface area contributed by atoms with Crippen LogP contribution in [0.1, 0.15) is 35.7 Å². The quantitative estimate of drug-likeness (QED) is 0.919. The van der Waals surface area contributed by atoms with E-state index < -0.39 is 17.7 Å². The molecule has 2 rings (SSSR count). The fourth-order valence-corrected chi connectivity index (χ4v) is 2.06. The molecule has 0 aliphatic rings. The average Bonchev–Trinajstić information content (AvgIpc) is 2.43. The predicted molar refractivity (Wildman–Crippen MR) is 70.7 cm³/mol. The van der Waals surface area contributed by atoms with E-state index in [9.17, 15) is 8.78 Å². The number of halogens is 2. The molecule has 0 saturated carbocycles. The summed E-state index contributed by atoms with van der Waals surface area (Å²) in [5.74, 6) is -1.46. The second-order valence-corrected chi connectivity index (χ2v) is 4.66. The Bertz CT molecular complexity index is 570. The molecule has 0 saturated heterocycles. The topological polar surface area (TPSA) is 38.9 Å². The number of nitrogens with zero attached hydrogens (tertiary/aromatic N) is 1. The van der Waals surface area contributed by atoms with Crippen molar-refractivity contribution in [1.82, 2.24) is 4.98 Å². The van der Waals surface area contributed by atoms with Crippen LogP contribution in [0.3, 0.4) is 0 Å². The molecule has 0 radical (unpaired) electrons. The minimum Gasteiger partial charge on any atom is -0.323 e. The third-order valence-corrected chi connectivity index (χ3v) is 3.35. The molecular formula is C15H16F2N2. The summed E-state index contributed by atoms with van der Waals surface area (Å²) in [4.78, 5) is 4.18. The SMILES string of the molecule is Cc1ccc(F)c(C(N)C(C)c2ccccn2)c1F. The summed E-state index contributed by atoms with van der Waals surface area (Å²) in [6.45, 7) is 3.41. The first kappa shape index (κ1) is 13.6. The summed E-state index contributed by atoms with van der Waals surface area (Å²) in [5.41, 5.74) is 7.06. The van der Waals surface area contributed by atoms with Crippen molar-refractivity contribution in [3.05, 3.63) is 65.0 Å². The van der Waals surface area contributed by atoms with Crippen LogP contribution in [-0.2, 0) is 0 Å². The zero-order valence-electron chi connectivity index (χ0n) is 10.9. The molecule has 2 N–H and O–H groups in total. The Balaban J connectivity index is 2.40. The molecule has 0 fully saturated rings. The molecule has 19 heavy (non-hydrogen) atoms. The van der Waals surface area contributed by atoms with Crippen molar-refractivity contribution in [3.8, 4) is 0 Å². The van der Waals surface area contributed by atoms with Crippen LogP contribution < -0.4 is 5.73 Å². The molecule has 1 heterocycles. The first-order valence-corrected chi connectivity index (χ1v) is 6.13. The van der Waals surface area contributed by atoms with E-state index in [2.05, 4.69) is 4.98 Å². The van der Waals surface area contributed by atoms with Crippen molar-refractivity contribution in [1.29, 1.82) is 0 Å². The fourth-order valence-electron chi connectivity index (χ4n) is 2.06. The minimum absolute atomic E-state index is 0.0712. The Morgan fingerprint density at radius 2 is 1.89 bits per heavy atom. The minimum atomic E-state index is -0.769. The maximum atomic E-state index is 14.0. The molecule has 0 aliphatic heterocycles. The third-order valence-electron chi connectivity index (χ3n) is 3.35. The van der Waals surface area contributed by atoms with Crippen LogP contribution in [0.2, 0.25) is 0 Å². The summed E-state index contributed by atoms with van der Waals surface area (Å²) in [5, 5.41) is 0. The molecule has 0 bridgehead atoms. The van der Waals surface area contributed by atoms with Crippen LogP contribution in [-0.4, -0.2) is 4.98 Å². The van der Waals surface area contributed by atoms with Crippen LogP contribution in [0.4, 0.5) is 8.78 Å². The fraction of sp³-hybridized carbons (Fsp3) is 0.267. The third kappa shape index (κ3) is 2.63. The monoisotopic (exact) mass is 262 g/mol. The van der Waals surface area contributed by atoms with E-state index in [4.69, 9.17) is 5.73 Å². The number of nitrogens with two attached hydrogens (primary N) is 1. The number of rotatable bonds is 3. The highest BCUT2D eigenvalue weighted by atomic mass is 19.1. The highest BCUT2D eigenvalue weighted by Gasteiger charge is 2.24. The zero-order chi connectivity index (χ0) is 14.0. The van der Waals surface area contributed by atoms with Gasteiger partial charge in [-0.3, -0.25) is 4.98 Å². The second kappa shape index (κ2) is 5.45. The number of pyridine rings is 1. The highest BCUT2D eigenvalue weighted by molar-refractivity contribution is 5.31. The van der Waals surface area contributed by atoms with Gasteiger partial charge in [0.15, 0.2) is 0 Å². The van der Waals surface area contributed by atoms with Gasteiger partial charge in [0.2, 0.25) is 0 Å². The normalized spacial score (nSPS) is 14.2. The van der Waals surface area contributed by atoms with Crippen molar-refractivity contribution in [3.63, 3.8) is 0 Å². The molecule has 100 valence electrons. The predicted octanol–water partition coefficient (Wildman–Crippen LogP) is 3.47. The smallest absolute Gasteiger partial charge is 0.133 e. The van der Waals surface area contributed by atoms with Gasteiger partial charge in [-0.25, -0.2) is 8.78 Å². The summed E-state index contributed by atoms with van der Waals surface area (Å²) in [7, 11) is 0. The van der Waals surface area contributed by atoms with Gasteiger partial charge in [-0.1, -0.05) is 19.1 Å². The van der Waals surface area contributed by atoms with Gasteiger partial charge in [0.25, 0.3) is 0 Å². The molecule has 0 spiro atoms. The highest BCUT2D eigenvalue weighted by Crippen LogP contribution is 2.31. The summed E-state index contributed by atoms with van der Waals surface area (Å²) in [6.07, 6.45) is 1.64. The van der Waals surface area contributed by atoms with E-state index >= 15 is 0 Å². The van der Waals surface area contributed by atoms with Crippen LogP contribution >= 0.6 is 0 Å². The molecule has 2 nitrogen and oxygen atoms in total. The van der Waals surface area contributed by atoms with Crippen LogP contribution in [0.15, 0.2) is 36.5 Å². The zero-order valence-corrected chi connectivity index (χ0v) is 10.9. The Labute approximate surface area is 111 Å². The van der Waals surface area contributed by atoms with Crippen molar-refractivity contribution < 1.29 is 8.78 Å². The van der Waals surface area contributed by atoms with E-state index in [-0.39, 0.29) is 11.5 Å². The molecule has 2 unspecified atom stereocenters. The number of hydrogen-bond donors (Lipinski definition) is 1. The van der Waals surface area contributed by atoms with Gasteiger partial charge in [-0.15, -0.1) is 0 Å². The molecule has 1 aromatic carbocycles. The summed E-state index contributed by atoms with van der Waals surface area (Å²) >= 11 is 0.